The van der Waals surface area contributed by atoms with Gasteiger partial charge in [0.25, 0.3) is 0 Å². The maximum absolute atomic E-state index is 13.1. The first-order valence-corrected chi connectivity index (χ1v) is 22.1. The molecule has 0 saturated carbocycles. The van der Waals surface area contributed by atoms with Crippen LogP contribution in [0, 0.1) is 0 Å². The fourth-order valence-corrected chi connectivity index (χ4v) is 10.0. The summed E-state index contributed by atoms with van der Waals surface area (Å²) >= 11 is 0. The van der Waals surface area contributed by atoms with Gasteiger partial charge in [-0.3, -0.25) is 0 Å². The van der Waals surface area contributed by atoms with Crippen molar-refractivity contribution in [3.63, 3.8) is 0 Å². The van der Waals surface area contributed by atoms with Crippen LogP contribution in [0.4, 0.5) is 0 Å². The average molecular weight is 963 g/mol. The summed E-state index contributed by atoms with van der Waals surface area (Å²) < 4.78 is 30.3. The van der Waals surface area contributed by atoms with Crippen molar-refractivity contribution in [2.45, 2.75) is 85.6 Å². The van der Waals surface area contributed by atoms with Gasteiger partial charge in [0.1, 0.15) is 94.1 Å². The van der Waals surface area contributed by atoms with E-state index in [1.165, 1.54) is 97.1 Å². The number of ether oxygens (including phenoxy) is 5. The van der Waals surface area contributed by atoms with Gasteiger partial charge in [-0.15, -0.1) is 0 Å². The molecule has 4 aliphatic rings. The summed E-state index contributed by atoms with van der Waals surface area (Å²) in [6.07, 6.45) is -18.6. The number of rotatable bonds is 8. The molecule has 4 heterocycles. The molecule has 70 heavy (non-hydrogen) atoms. The predicted octanol–water partition coefficient (Wildman–Crippen LogP) is 3.48. The Kier molecular flexibility index (Phi) is 11.8. The molecule has 0 spiro atoms. The van der Waals surface area contributed by atoms with Gasteiger partial charge in [-0.2, -0.15) is 0 Å². The minimum atomic E-state index is -1.98. The highest BCUT2D eigenvalue weighted by Gasteiger charge is 2.51. The molecule has 4 aliphatic heterocycles. The van der Waals surface area contributed by atoms with E-state index in [-0.39, 0.29) is 85.8 Å². The molecule has 1 saturated heterocycles. The van der Waals surface area contributed by atoms with Gasteiger partial charge in [0.05, 0.1) is 6.10 Å². The lowest BCUT2D eigenvalue weighted by Gasteiger charge is -2.42. The lowest BCUT2D eigenvalue weighted by atomic mass is 9.73. The highest BCUT2D eigenvalue weighted by molar-refractivity contribution is 5.73. The number of aliphatic carboxylic acids is 1. The van der Waals surface area contributed by atoms with Gasteiger partial charge >= 0.3 is 5.97 Å². The third-order valence-electron chi connectivity index (χ3n) is 13.3. The minimum absolute atomic E-state index is 0.0201. The summed E-state index contributed by atoms with van der Waals surface area (Å²) in [7, 11) is 0. The molecule has 6 aromatic rings. The first kappa shape index (κ1) is 46.2. The minimum Gasteiger partial charge on any atom is -0.508 e. The van der Waals surface area contributed by atoms with Crippen molar-refractivity contribution in [3.8, 4) is 57.5 Å². The van der Waals surface area contributed by atoms with Crippen molar-refractivity contribution >= 4 is 5.97 Å². The Morgan fingerprint density at radius 3 is 1.59 bits per heavy atom. The number of carbonyl (C=O) groups is 1. The lowest BCUT2D eigenvalue weighted by molar-refractivity contribution is -0.271. The van der Waals surface area contributed by atoms with E-state index < -0.39 is 96.6 Å². The number of carboxylic acids is 1. The summed E-state index contributed by atoms with van der Waals surface area (Å²) in [5, 5.41) is 146. The summed E-state index contributed by atoms with van der Waals surface area (Å²) in [6.45, 7) is 0. The van der Waals surface area contributed by atoms with E-state index in [1.807, 2.05) is 0 Å². The van der Waals surface area contributed by atoms with Crippen LogP contribution in [0.25, 0.3) is 0 Å². The van der Waals surface area contributed by atoms with Crippen LogP contribution >= 0.6 is 0 Å². The van der Waals surface area contributed by atoms with Gasteiger partial charge < -0.3 is 90.1 Å². The van der Waals surface area contributed by atoms with Crippen molar-refractivity contribution in [1.29, 1.82) is 0 Å². The standard InChI is InChI=1S/C51H46O19/c52-23-7-1-4-20(14-23)45-31(56)19-30-38(57)36(39(58)37(48(30)69-45)35-29-13-11-26(55)18-33(29)67-46(41(35)60)21-5-2-8-24(53)15-21)34-28-12-10-25(54)17-32(28)68-47(40(34)59)22-6-3-9-27(16-22)66-51-44(63)42(61)43(62)49(70-51)50(64)65/h1-18,31,34-35,40-47,49,51-63H,19H2,(H,64,65). The molecule has 19 nitrogen and oxygen atoms in total. The molecule has 13 unspecified atom stereocenters. The van der Waals surface area contributed by atoms with Crippen molar-refractivity contribution in [1.82, 2.24) is 0 Å². The number of phenolic OH excluding ortho intramolecular Hbond substituents is 6. The van der Waals surface area contributed by atoms with Gasteiger partial charge in [-0.05, 0) is 65.2 Å². The predicted molar refractivity (Wildman–Crippen MR) is 239 cm³/mol. The van der Waals surface area contributed by atoms with E-state index in [1.54, 1.807) is 12.1 Å². The zero-order valence-corrected chi connectivity index (χ0v) is 36.4. The first-order chi connectivity index (χ1) is 33.5. The smallest absolute Gasteiger partial charge is 0.335 e. The zero-order valence-electron chi connectivity index (χ0n) is 36.4. The monoisotopic (exact) mass is 962 g/mol. The highest BCUT2D eigenvalue weighted by Crippen LogP contribution is 2.60. The van der Waals surface area contributed by atoms with E-state index in [2.05, 4.69) is 0 Å². The Morgan fingerprint density at radius 1 is 0.514 bits per heavy atom. The summed E-state index contributed by atoms with van der Waals surface area (Å²) in [6, 6.07) is 25.6. The third-order valence-corrected chi connectivity index (χ3v) is 13.3. The second kappa shape index (κ2) is 17.8. The molecule has 13 N–H and O–H groups in total. The van der Waals surface area contributed by atoms with Crippen LogP contribution in [0.5, 0.6) is 57.5 Å². The molecule has 0 amide bonds. The van der Waals surface area contributed by atoms with Crippen LogP contribution in [0.2, 0.25) is 0 Å². The van der Waals surface area contributed by atoms with Crippen LogP contribution in [-0.4, -0.2) is 121 Å². The van der Waals surface area contributed by atoms with Gasteiger partial charge in [0.15, 0.2) is 18.3 Å². The second-order valence-electron chi connectivity index (χ2n) is 17.7. The molecule has 19 heteroatoms. The van der Waals surface area contributed by atoms with Crippen molar-refractivity contribution in [3.05, 3.63) is 154 Å². The molecular formula is C51H46O19. The van der Waals surface area contributed by atoms with Crippen LogP contribution < -0.4 is 18.9 Å². The number of hydrogen-bond acceptors (Lipinski definition) is 18. The van der Waals surface area contributed by atoms with Crippen molar-refractivity contribution in [2.24, 2.45) is 0 Å². The Morgan fingerprint density at radius 2 is 1.03 bits per heavy atom. The molecule has 0 aromatic heterocycles. The van der Waals surface area contributed by atoms with Crippen LogP contribution in [0.1, 0.15) is 74.7 Å². The molecule has 13 atom stereocenters. The normalized spacial score (nSPS) is 29.0. The summed E-state index contributed by atoms with van der Waals surface area (Å²) in [5.41, 5.74) is 0.662. The van der Waals surface area contributed by atoms with Gasteiger partial charge in [-0.1, -0.05) is 48.5 Å². The van der Waals surface area contributed by atoms with E-state index in [0.717, 1.165) is 0 Å². The molecule has 10 rings (SSSR count). The fraction of sp³-hybridized carbons (Fsp3) is 0.275. The number of carboxylic acid groups (broad SMARTS) is 1. The first-order valence-electron chi connectivity index (χ1n) is 22.1. The molecule has 1 fully saturated rings. The number of aromatic hydroxyl groups is 6. The number of fused-ring (bicyclic) bond motifs is 3. The van der Waals surface area contributed by atoms with E-state index >= 15 is 0 Å². The quantitative estimate of drug-likeness (QED) is 0.104. The summed E-state index contributed by atoms with van der Waals surface area (Å²) in [4.78, 5) is 11.8. The number of phenols is 6. The number of benzene rings is 6. The SMILES string of the molecule is O=C(O)C1OC(Oc2cccc(C3Oc4cc(O)ccc4C(c4c(O)c5c(c(C6c7ccc(O)cc7OC(c7cccc(O)c7)C6O)c4O)OC(c4cccc(O)c4)C(O)C5)C3O)c2)C(O)C(O)C1O. The maximum Gasteiger partial charge on any atom is 0.335 e. The molecule has 0 radical (unpaired) electrons. The van der Waals surface area contributed by atoms with Gasteiger partial charge in [0.2, 0.25) is 6.29 Å². The Balaban J connectivity index is 1.14. The number of aliphatic hydroxyl groups is 6. The summed E-state index contributed by atoms with van der Waals surface area (Å²) in [5.74, 6) is -6.73. The molecule has 0 bridgehead atoms. The van der Waals surface area contributed by atoms with Crippen molar-refractivity contribution < 1.29 is 94.9 Å². The zero-order chi connectivity index (χ0) is 49.4. The third kappa shape index (κ3) is 7.92. The van der Waals surface area contributed by atoms with E-state index in [0.29, 0.717) is 11.1 Å². The van der Waals surface area contributed by atoms with Gasteiger partial charge in [-0.25, -0.2) is 4.79 Å². The topological polar surface area (TPSA) is 326 Å². The Labute approximate surface area is 396 Å². The number of aliphatic hydroxyl groups excluding tert-OH is 6. The molecule has 0 aliphatic carbocycles. The van der Waals surface area contributed by atoms with E-state index in [9.17, 15) is 71.2 Å². The largest absolute Gasteiger partial charge is 0.508 e. The number of hydrogen-bond donors (Lipinski definition) is 13. The van der Waals surface area contributed by atoms with E-state index in [4.69, 9.17) is 23.7 Å². The molecular weight excluding hydrogens is 917 g/mol. The highest BCUT2D eigenvalue weighted by atomic mass is 16.7. The second-order valence-corrected chi connectivity index (χ2v) is 17.7. The fourth-order valence-electron chi connectivity index (χ4n) is 10.0. The lowest BCUT2D eigenvalue weighted by Crippen LogP contribution is -2.61. The average Bonchev–Trinajstić information content (AvgIpc) is 3.32. The molecule has 364 valence electrons. The van der Waals surface area contributed by atoms with Crippen LogP contribution in [-0.2, 0) is 16.0 Å². The molecule has 6 aromatic carbocycles. The Bertz CT molecular complexity index is 3000. The van der Waals surface area contributed by atoms with Gasteiger partial charge in [0, 0.05) is 58.2 Å². The van der Waals surface area contributed by atoms with Crippen LogP contribution in [0.15, 0.2) is 109 Å². The van der Waals surface area contributed by atoms with Crippen LogP contribution in [0.3, 0.4) is 0 Å². The Hall–Kier alpha value is -7.49. The van der Waals surface area contributed by atoms with Crippen molar-refractivity contribution in [2.75, 3.05) is 0 Å². The maximum atomic E-state index is 13.1.